The zero-order valence-electron chi connectivity index (χ0n) is 19.3. The fourth-order valence-electron chi connectivity index (χ4n) is 4.17. The molecule has 2 aliphatic heterocycles. The van der Waals surface area contributed by atoms with Crippen LogP contribution in [0.3, 0.4) is 0 Å². The van der Waals surface area contributed by atoms with Gasteiger partial charge in [-0.1, -0.05) is 42.1 Å². The lowest BCUT2D eigenvalue weighted by Gasteiger charge is -2.37. The van der Waals surface area contributed by atoms with Gasteiger partial charge in [0.25, 0.3) is 0 Å². The highest BCUT2D eigenvalue weighted by Crippen LogP contribution is 2.43. The zero-order chi connectivity index (χ0) is 23.4. The molecule has 8 heteroatoms. The molecule has 0 amide bonds. The van der Waals surface area contributed by atoms with E-state index in [0.29, 0.717) is 36.8 Å². The number of thioether (sulfide) groups is 1. The molecule has 0 aliphatic carbocycles. The van der Waals surface area contributed by atoms with E-state index in [1.807, 2.05) is 44.2 Å². The largest absolute Gasteiger partial charge is 0.465 e. The van der Waals surface area contributed by atoms with Crippen molar-refractivity contribution in [2.75, 3.05) is 37.8 Å². The number of hydrogen-bond donors (Lipinski definition) is 0. The molecule has 2 aromatic rings. The molecule has 3 heterocycles. The number of fused-ring (bicyclic) bond motifs is 1. The first kappa shape index (κ1) is 23.6. The summed E-state index contributed by atoms with van der Waals surface area (Å²) >= 11 is 1.29. The molecule has 0 N–H and O–H groups in total. The smallest absolute Gasteiger partial charge is 0.324 e. The summed E-state index contributed by atoms with van der Waals surface area (Å²) in [5, 5.41) is 10.1. The Kier molecular flexibility index (Phi) is 7.23. The molecule has 1 fully saturated rings. The molecule has 0 radical (unpaired) electrons. The number of hydrogen-bond acceptors (Lipinski definition) is 8. The van der Waals surface area contributed by atoms with E-state index < -0.39 is 5.25 Å². The second kappa shape index (κ2) is 10.1. The van der Waals surface area contributed by atoms with E-state index in [2.05, 4.69) is 11.0 Å². The molecule has 1 saturated heterocycles. The van der Waals surface area contributed by atoms with Crippen LogP contribution in [0.2, 0.25) is 0 Å². The fourth-order valence-corrected chi connectivity index (χ4v) is 5.28. The lowest BCUT2D eigenvalue weighted by molar-refractivity contribution is -0.142. The van der Waals surface area contributed by atoms with Gasteiger partial charge >= 0.3 is 5.97 Å². The second-order valence-corrected chi connectivity index (χ2v) is 9.76. The van der Waals surface area contributed by atoms with Crippen molar-refractivity contribution in [1.82, 2.24) is 4.98 Å². The maximum Gasteiger partial charge on any atom is 0.324 e. The summed E-state index contributed by atoms with van der Waals surface area (Å²) in [5.41, 5.74) is 2.88. The van der Waals surface area contributed by atoms with Crippen LogP contribution in [0.1, 0.15) is 48.3 Å². The normalized spacial score (nSPS) is 18.2. The SMILES string of the molecule is CCOC(=O)[C@H](Sc1nc(N2CCOCC2)c2c(c1C#N)CC(C)(C)OC2)c1ccccc1. The monoisotopic (exact) mass is 467 g/mol. The first-order valence-corrected chi connectivity index (χ1v) is 12.1. The van der Waals surface area contributed by atoms with Crippen LogP contribution in [0, 0.1) is 11.3 Å². The van der Waals surface area contributed by atoms with E-state index in [-0.39, 0.29) is 18.2 Å². The number of esters is 1. The summed E-state index contributed by atoms with van der Waals surface area (Å²) in [4.78, 5) is 20.1. The van der Waals surface area contributed by atoms with Gasteiger partial charge in [-0.05, 0) is 31.9 Å². The van der Waals surface area contributed by atoms with Gasteiger partial charge in [0.15, 0.2) is 0 Å². The number of rotatable bonds is 6. The fraction of sp³-hybridized carbons (Fsp3) is 0.480. The highest BCUT2D eigenvalue weighted by atomic mass is 32.2. The van der Waals surface area contributed by atoms with Gasteiger partial charge in [-0.15, -0.1) is 0 Å². The third-order valence-corrected chi connectivity index (χ3v) is 7.04. The summed E-state index contributed by atoms with van der Waals surface area (Å²) in [5.74, 6) is 0.481. The molecule has 4 rings (SSSR count). The average Bonchev–Trinajstić information content (AvgIpc) is 2.82. The quantitative estimate of drug-likeness (QED) is 0.465. The van der Waals surface area contributed by atoms with Gasteiger partial charge in [0.05, 0.1) is 37.6 Å². The molecule has 0 unspecified atom stereocenters. The lowest BCUT2D eigenvalue weighted by atomic mass is 9.89. The lowest BCUT2D eigenvalue weighted by Crippen LogP contribution is -2.39. The van der Waals surface area contributed by atoms with Gasteiger partial charge in [0.2, 0.25) is 0 Å². The molecule has 2 aliphatic rings. The number of ether oxygens (including phenoxy) is 3. The summed E-state index contributed by atoms with van der Waals surface area (Å²) in [6.07, 6.45) is 0.605. The molecule has 1 atom stereocenters. The molecule has 0 spiro atoms. The number of aromatic nitrogens is 1. The van der Waals surface area contributed by atoms with Gasteiger partial charge in [-0.25, -0.2) is 4.98 Å². The summed E-state index contributed by atoms with van der Waals surface area (Å²) in [7, 11) is 0. The minimum Gasteiger partial charge on any atom is -0.465 e. The molecule has 33 heavy (non-hydrogen) atoms. The van der Waals surface area contributed by atoms with Crippen LogP contribution < -0.4 is 4.90 Å². The van der Waals surface area contributed by atoms with Crippen LogP contribution in [0.25, 0.3) is 0 Å². The van der Waals surface area contributed by atoms with Crippen molar-refractivity contribution in [3.05, 3.63) is 52.6 Å². The molecule has 174 valence electrons. The topological polar surface area (TPSA) is 84.7 Å². The number of pyridine rings is 1. The third-order valence-electron chi connectivity index (χ3n) is 5.82. The molecule has 7 nitrogen and oxygen atoms in total. The maximum absolute atomic E-state index is 12.9. The van der Waals surface area contributed by atoms with E-state index in [9.17, 15) is 10.1 Å². The van der Waals surface area contributed by atoms with E-state index in [1.165, 1.54) is 11.8 Å². The van der Waals surface area contributed by atoms with Crippen molar-refractivity contribution in [2.45, 2.75) is 49.7 Å². The van der Waals surface area contributed by atoms with E-state index in [0.717, 1.165) is 35.6 Å². The van der Waals surface area contributed by atoms with Crippen LogP contribution in [0.5, 0.6) is 0 Å². The molecule has 0 bridgehead atoms. The van der Waals surface area contributed by atoms with Crippen LogP contribution in [-0.2, 0) is 32.0 Å². The Morgan fingerprint density at radius 2 is 2.00 bits per heavy atom. The van der Waals surface area contributed by atoms with Crippen LogP contribution >= 0.6 is 11.8 Å². The number of anilines is 1. The van der Waals surface area contributed by atoms with Crippen molar-refractivity contribution in [3.63, 3.8) is 0 Å². The maximum atomic E-state index is 12.9. The number of benzene rings is 1. The number of carbonyl (C=O) groups is 1. The number of morpholine rings is 1. The van der Waals surface area contributed by atoms with Crippen molar-refractivity contribution < 1.29 is 19.0 Å². The standard InChI is InChI=1S/C25H29N3O4S/c1-4-31-24(29)21(17-8-6-5-7-9-17)33-23-19(15-26)18-14-25(2,3)32-16-20(18)22(27-23)28-10-12-30-13-11-28/h5-9,21H,4,10-14,16H2,1-3H3/t21-/m1/s1. The number of nitriles is 1. The first-order chi connectivity index (χ1) is 15.9. The Labute approximate surface area is 199 Å². The van der Waals surface area contributed by atoms with Crippen LogP contribution in [0.4, 0.5) is 5.82 Å². The highest BCUT2D eigenvalue weighted by molar-refractivity contribution is 8.00. The summed E-state index contributed by atoms with van der Waals surface area (Å²) in [6.45, 7) is 9.24. The number of nitrogens with zero attached hydrogens (tertiary/aromatic N) is 3. The summed E-state index contributed by atoms with van der Waals surface area (Å²) in [6, 6.07) is 11.9. The molecule has 1 aromatic heterocycles. The van der Waals surface area contributed by atoms with Crippen LogP contribution in [0.15, 0.2) is 35.4 Å². The minimum atomic E-state index is -0.616. The van der Waals surface area contributed by atoms with Gasteiger partial charge in [0.1, 0.15) is 22.2 Å². The Morgan fingerprint density at radius 3 is 2.67 bits per heavy atom. The van der Waals surface area contributed by atoms with Crippen molar-refractivity contribution in [3.8, 4) is 6.07 Å². The van der Waals surface area contributed by atoms with Crippen LogP contribution in [-0.4, -0.2) is 49.5 Å². The van der Waals surface area contributed by atoms with E-state index in [4.69, 9.17) is 19.2 Å². The number of carbonyl (C=O) groups excluding carboxylic acids is 1. The Bertz CT molecular complexity index is 1050. The second-order valence-electron chi connectivity index (χ2n) is 8.67. The van der Waals surface area contributed by atoms with Gasteiger partial charge in [-0.2, -0.15) is 5.26 Å². The first-order valence-electron chi connectivity index (χ1n) is 11.2. The molecule has 0 saturated carbocycles. The zero-order valence-corrected chi connectivity index (χ0v) is 20.1. The Balaban J connectivity index is 1.82. The Morgan fingerprint density at radius 1 is 1.27 bits per heavy atom. The Hall–Kier alpha value is -2.60. The van der Waals surface area contributed by atoms with Crippen molar-refractivity contribution in [2.24, 2.45) is 0 Å². The van der Waals surface area contributed by atoms with Gasteiger partial charge in [-0.3, -0.25) is 4.79 Å². The minimum absolute atomic E-state index is 0.288. The van der Waals surface area contributed by atoms with Gasteiger partial charge < -0.3 is 19.1 Å². The van der Waals surface area contributed by atoms with E-state index >= 15 is 0 Å². The summed E-state index contributed by atoms with van der Waals surface area (Å²) < 4.78 is 17.0. The molecular weight excluding hydrogens is 438 g/mol. The average molecular weight is 468 g/mol. The highest BCUT2D eigenvalue weighted by Gasteiger charge is 2.35. The predicted octanol–water partition coefficient (Wildman–Crippen LogP) is 4.04. The van der Waals surface area contributed by atoms with E-state index in [1.54, 1.807) is 6.92 Å². The van der Waals surface area contributed by atoms with Gasteiger partial charge in [0, 0.05) is 25.1 Å². The molecular formula is C25H29N3O4S. The van der Waals surface area contributed by atoms with Crippen molar-refractivity contribution >= 4 is 23.5 Å². The predicted molar refractivity (Wildman–Crippen MR) is 126 cm³/mol. The van der Waals surface area contributed by atoms with Crippen molar-refractivity contribution in [1.29, 1.82) is 5.26 Å². The molecule has 1 aromatic carbocycles. The third kappa shape index (κ3) is 5.16.